The van der Waals surface area contributed by atoms with Crippen LogP contribution in [0.4, 0.5) is 0 Å². The molecule has 2 nitrogen and oxygen atoms in total. The lowest BCUT2D eigenvalue weighted by molar-refractivity contribution is -0.112. The van der Waals surface area contributed by atoms with Crippen LogP contribution in [-0.2, 0) is 4.84 Å². The molecule has 0 saturated carbocycles. The van der Waals surface area contributed by atoms with E-state index in [9.17, 15) is 0 Å². The van der Waals surface area contributed by atoms with Crippen LogP contribution in [0.2, 0.25) is 0 Å². The number of hydrogen-bond donors (Lipinski definition) is 0. The fourth-order valence-electron chi connectivity index (χ4n) is 0.871. The summed E-state index contributed by atoms with van der Waals surface area (Å²) in [7, 11) is 1.73. The van der Waals surface area contributed by atoms with Gasteiger partial charge in [-0.05, 0) is 12.8 Å². The van der Waals surface area contributed by atoms with Gasteiger partial charge in [-0.15, -0.1) is 12.4 Å². The molecule has 1 saturated heterocycles. The van der Waals surface area contributed by atoms with E-state index in [0.29, 0.717) is 0 Å². The quantitative estimate of drug-likeness (QED) is 0.536. The summed E-state index contributed by atoms with van der Waals surface area (Å²) in [4.78, 5) is 4.94. The zero-order valence-electron chi connectivity index (χ0n) is 5.09. The first-order valence-corrected chi connectivity index (χ1v) is 2.72. The van der Waals surface area contributed by atoms with Crippen LogP contribution in [0.3, 0.4) is 0 Å². The maximum atomic E-state index is 4.94. The molecule has 0 aromatic carbocycles. The molecular weight excluding hydrogens is 126 g/mol. The predicted molar refractivity (Wildman–Crippen MR) is 35.1 cm³/mol. The molecule has 0 unspecified atom stereocenters. The molecule has 1 heterocycles. The van der Waals surface area contributed by atoms with Crippen LogP contribution in [0.25, 0.3) is 0 Å². The summed E-state index contributed by atoms with van der Waals surface area (Å²) in [5.41, 5.74) is 0. The molecule has 0 aromatic rings. The minimum atomic E-state index is 0. The van der Waals surface area contributed by atoms with E-state index in [1.807, 2.05) is 5.06 Å². The van der Waals surface area contributed by atoms with E-state index in [-0.39, 0.29) is 12.4 Å². The molecule has 1 aliphatic heterocycles. The van der Waals surface area contributed by atoms with E-state index in [0.717, 1.165) is 13.1 Å². The van der Waals surface area contributed by atoms with Crippen molar-refractivity contribution >= 4 is 12.4 Å². The number of rotatable bonds is 1. The summed E-state index contributed by atoms with van der Waals surface area (Å²) in [6.07, 6.45) is 2.60. The van der Waals surface area contributed by atoms with E-state index in [1.54, 1.807) is 7.11 Å². The molecule has 3 heteroatoms. The van der Waals surface area contributed by atoms with Crippen LogP contribution in [0, 0.1) is 0 Å². The van der Waals surface area contributed by atoms with Crippen molar-refractivity contribution in [3.05, 3.63) is 0 Å². The summed E-state index contributed by atoms with van der Waals surface area (Å²) >= 11 is 0. The van der Waals surface area contributed by atoms with Crippen molar-refractivity contribution < 1.29 is 4.84 Å². The highest BCUT2D eigenvalue weighted by Gasteiger charge is 2.08. The molecule has 50 valence electrons. The van der Waals surface area contributed by atoms with E-state index < -0.39 is 0 Å². The number of hydrogen-bond acceptors (Lipinski definition) is 2. The van der Waals surface area contributed by atoms with Crippen molar-refractivity contribution in [3.63, 3.8) is 0 Å². The van der Waals surface area contributed by atoms with Gasteiger partial charge in [-0.2, -0.15) is 5.06 Å². The second kappa shape index (κ2) is 4.13. The first kappa shape index (κ1) is 8.21. The van der Waals surface area contributed by atoms with Gasteiger partial charge in [-0.3, -0.25) is 0 Å². The van der Waals surface area contributed by atoms with Crippen LogP contribution in [0.5, 0.6) is 0 Å². The Morgan fingerprint density at radius 1 is 1.25 bits per heavy atom. The topological polar surface area (TPSA) is 12.5 Å². The Morgan fingerprint density at radius 3 is 2.00 bits per heavy atom. The van der Waals surface area contributed by atoms with Gasteiger partial charge in [-0.1, -0.05) is 0 Å². The minimum Gasteiger partial charge on any atom is -0.302 e. The van der Waals surface area contributed by atoms with Crippen molar-refractivity contribution in [1.29, 1.82) is 0 Å². The molecule has 1 rings (SSSR count). The van der Waals surface area contributed by atoms with Gasteiger partial charge in [-0.25, -0.2) is 0 Å². The summed E-state index contributed by atoms with van der Waals surface area (Å²) in [6, 6.07) is 0. The maximum Gasteiger partial charge on any atom is 0.0575 e. The van der Waals surface area contributed by atoms with Gasteiger partial charge in [0.2, 0.25) is 0 Å². The Labute approximate surface area is 56.2 Å². The van der Waals surface area contributed by atoms with Gasteiger partial charge in [0, 0.05) is 13.1 Å². The molecule has 0 atom stereocenters. The highest BCUT2D eigenvalue weighted by Crippen LogP contribution is 2.05. The normalized spacial score (nSPS) is 20.6. The van der Waals surface area contributed by atoms with Gasteiger partial charge in [0.05, 0.1) is 7.11 Å². The van der Waals surface area contributed by atoms with E-state index >= 15 is 0 Å². The van der Waals surface area contributed by atoms with Gasteiger partial charge >= 0.3 is 0 Å². The monoisotopic (exact) mass is 137 g/mol. The molecule has 1 fully saturated rings. The molecule has 8 heavy (non-hydrogen) atoms. The lowest BCUT2D eigenvalue weighted by atomic mass is 10.4. The molecule has 0 radical (unpaired) electrons. The smallest absolute Gasteiger partial charge is 0.0575 e. The predicted octanol–water partition coefficient (Wildman–Crippen LogP) is 1.07. The highest BCUT2D eigenvalue weighted by atomic mass is 35.5. The van der Waals surface area contributed by atoms with Gasteiger partial charge < -0.3 is 4.84 Å². The lowest BCUT2D eigenvalue weighted by Crippen LogP contribution is -2.16. The van der Waals surface area contributed by atoms with Gasteiger partial charge in [0.15, 0.2) is 0 Å². The number of halogens is 1. The van der Waals surface area contributed by atoms with Crippen LogP contribution in [0.15, 0.2) is 0 Å². The number of nitrogens with zero attached hydrogens (tertiary/aromatic N) is 1. The zero-order valence-corrected chi connectivity index (χ0v) is 5.91. The van der Waals surface area contributed by atoms with Crippen molar-refractivity contribution in [3.8, 4) is 0 Å². The molecule has 0 amide bonds. The molecule has 0 aromatic heterocycles. The largest absolute Gasteiger partial charge is 0.302 e. The third-order valence-corrected chi connectivity index (χ3v) is 1.32. The summed E-state index contributed by atoms with van der Waals surface area (Å²) in [5.74, 6) is 0. The highest BCUT2D eigenvalue weighted by molar-refractivity contribution is 5.85. The van der Waals surface area contributed by atoms with E-state index in [4.69, 9.17) is 4.84 Å². The third kappa shape index (κ3) is 1.99. The lowest BCUT2D eigenvalue weighted by Gasteiger charge is -2.08. The molecular formula is C5H12ClNO. The Kier molecular flexibility index (Phi) is 4.23. The Morgan fingerprint density at radius 2 is 1.75 bits per heavy atom. The molecule has 0 bridgehead atoms. The first-order valence-electron chi connectivity index (χ1n) is 2.72. The SMILES string of the molecule is CON1CCCC1.Cl. The standard InChI is InChI=1S/C5H11NO.ClH/c1-7-6-4-2-3-5-6;/h2-5H2,1H3;1H. The Bertz CT molecular complexity index is 54.4. The second-order valence-corrected chi connectivity index (χ2v) is 1.82. The first-order chi connectivity index (χ1) is 3.43. The zero-order chi connectivity index (χ0) is 5.11. The fourth-order valence-corrected chi connectivity index (χ4v) is 0.871. The van der Waals surface area contributed by atoms with Crippen LogP contribution in [0.1, 0.15) is 12.8 Å². The Hall–Kier alpha value is 0.210. The second-order valence-electron chi connectivity index (χ2n) is 1.82. The van der Waals surface area contributed by atoms with Crippen molar-refractivity contribution in [1.82, 2.24) is 5.06 Å². The third-order valence-electron chi connectivity index (χ3n) is 1.32. The van der Waals surface area contributed by atoms with Crippen molar-refractivity contribution in [2.75, 3.05) is 20.2 Å². The average molecular weight is 138 g/mol. The van der Waals surface area contributed by atoms with Gasteiger partial charge in [0.1, 0.15) is 0 Å². The summed E-state index contributed by atoms with van der Waals surface area (Å²) < 4.78 is 0. The maximum absolute atomic E-state index is 4.94. The number of hydroxylamine groups is 2. The molecule has 0 N–H and O–H groups in total. The molecule has 1 aliphatic rings. The minimum absolute atomic E-state index is 0. The average Bonchev–Trinajstić information content (AvgIpc) is 2.14. The molecule has 0 aliphatic carbocycles. The van der Waals surface area contributed by atoms with E-state index in [1.165, 1.54) is 12.8 Å². The van der Waals surface area contributed by atoms with Crippen molar-refractivity contribution in [2.45, 2.75) is 12.8 Å². The summed E-state index contributed by atoms with van der Waals surface area (Å²) in [5, 5.41) is 1.99. The summed E-state index contributed by atoms with van der Waals surface area (Å²) in [6.45, 7) is 2.24. The van der Waals surface area contributed by atoms with Crippen molar-refractivity contribution in [2.24, 2.45) is 0 Å². The Balaban J connectivity index is 0.000000490. The van der Waals surface area contributed by atoms with E-state index in [2.05, 4.69) is 0 Å². The fraction of sp³-hybridized carbons (Fsp3) is 1.00. The van der Waals surface area contributed by atoms with Crippen LogP contribution >= 0.6 is 12.4 Å². The van der Waals surface area contributed by atoms with Crippen LogP contribution in [-0.4, -0.2) is 25.3 Å². The van der Waals surface area contributed by atoms with Crippen LogP contribution < -0.4 is 0 Å². The molecule has 0 spiro atoms. The van der Waals surface area contributed by atoms with Gasteiger partial charge in [0.25, 0.3) is 0 Å².